The zero-order valence-corrected chi connectivity index (χ0v) is 45.0. The van der Waals surface area contributed by atoms with Crippen molar-refractivity contribution in [3.05, 3.63) is 280 Å². The molecule has 9 heteroatoms. The number of hydrogen-bond donors (Lipinski definition) is 0. The Morgan fingerprint density at radius 2 is 1.04 bits per heavy atom. The molecule has 16 aromatic rings. The number of nitrogens with zero attached hydrogens (tertiary/aromatic N) is 7. The molecule has 0 saturated carbocycles. The number of imidazole rings is 1. The summed E-state index contributed by atoms with van der Waals surface area (Å²) in [5, 5.41) is 6.90. The molecule has 0 aliphatic carbocycles. The van der Waals surface area contributed by atoms with Crippen LogP contribution in [0.15, 0.2) is 261 Å². The van der Waals surface area contributed by atoms with E-state index in [1.54, 1.807) is 6.20 Å². The molecule has 0 radical (unpaired) electrons. The minimum atomic E-state index is 0. The second-order valence-corrected chi connectivity index (χ2v) is 19.8. The Bertz CT molecular complexity index is 5000. The quantitative estimate of drug-likeness (QED) is 0.107. The summed E-state index contributed by atoms with van der Waals surface area (Å²) in [7, 11) is 0. The molecule has 0 atom stereocenters. The number of ether oxygens (including phenoxy) is 1. The minimum Gasteiger partial charge on any atom is -0.522 e. The second-order valence-electron chi connectivity index (χ2n) is 19.8. The molecular weight excluding hydrogens is 1160 g/mol. The van der Waals surface area contributed by atoms with Crippen molar-refractivity contribution >= 4 is 76.5 Å². The van der Waals surface area contributed by atoms with E-state index < -0.39 is 0 Å². The molecule has 6 heterocycles. The van der Waals surface area contributed by atoms with Gasteiger partial charge in [0.05, 0.1) is 62.2 Å². The van der Waals surface area contributed by atoms with Crippen molar-refractivity contribution in [3.63, 3.8) is 0 Å². The molecule has 8 nitrogen and oxygen atoms in total. The number of rotatable bonds is 9. The Labute approximate surface area is 474 Å². The van der Waals surface area contributed by atoms with Crippen molar-refractivity contribution in [2.75, 3.05) is 0 Å². The topological polar surface area (TPSA) is 58.6 Å². The van der Waals surface area contributed by atoms with Gasteiger partial charge in [0.25, 0.3) is 6.33 Å². The maximum Gasteiger partial charge on any atom is 0.269 e. The summed E-state index contributed by atoms with van der Waals surface area (Å²) in [5.41, 5.74) is 15.8. The monoisotopic (exact) mass is 1200 g/mol. The third-order valence-electron chi connectivity index (χ3n) is 15.4. The predicted octanol–water partition coefficient (Wildman–Crippen LogP) is 16.5. The van der Waals surface area contributed by atoms with Crippen molar-refractivity contribution in [2.45, 2.75) is 0 Å². The number of hydrogen-bond acceptors (Lipinski definition) is 3. The van der Waals surface area contributed by atoms with Gasteiger partial charge in [-0.05, 0) is 81.9 Å². The first-order chi connectivity index (χ1) is 39.2. The fraction of sp³-hybridized carbons (Fsp3) is 0. The predicted molar refractivity (Wildman–Crippen MR) is 317 cm³/mol. The zero-order valence-electron chi connectivity index (χ0n) is 42.7. The summed E-state index contributed by atoms with van der Waals surface area (Å²) in [5.74, 6) is 2.32. The molecular formula is C71H43N7OPt-2. The van der Waals surface area contributed by atoms with E-state index in [9.17, 15) is 0 Å². The average molecular weight is 1210 g/mol. The summed E-state index contributed by atoms with van der Waals surface area (Å²) in [6.07, 6.45) is 7.37. The number of para-hydroxylation sites is 7. The first-order valence-electron chi connectivity index (χ1n) is 26.4. The largest absolute Gasteiger partial charge is 0.522 e. The van der Waals surface area contributed by atoms with Gasteiger partial charge in [-0.3, -0.25) is 14.1 Å². The summed E-state index contributed by atoms with van der Waals surface area (Å²) in [4.78, 5) is 10.2. The molecule has 0 amide bonds. The smallest absolute Gasteiger partial charge is 0.269 e. The van der Waals surface area contributed by atoms with Gasteiger partial charge in [-0.15, -0.1) is 17.5 Å². The van der Waals surface area contributed by atoms with Crippen LogP contribution in [0.25, 0.3) is 127 Å². The fourth-order valence-electron chi connectivity index (χ4n) is 11.9. The molecule has 0 N–H and O–H groups in total. The molecule has 0 unspecified atom stereocenters. The van der Waals surface area contributed by atoms with E-state index in [0.29, 0.717) is 17.3 Å². The Kier molecular flexibility index (Phi) is 11.2. The summed E-state index contributed by atoms with van der Waals surface area (Å²) < 4.78 is 17.7. The van der Waals surface area contributed by atoms with Crippen LogP contribution >= 0.6 is 0 Å². The molecule has 0 aliphatic rings. The van der Waals surface area contributed by atoms with Gasteiger partial charge in [0.1, 0.15) is 5.82 Å². The maximum absolute atomic E-state index is 6.73. The molecule has 6 aromatic heterocycles. The van der Waals surface area contributed by atoms with Crippen molar-refractivity contribution < 1.29 is 30.4 Å². The summed E-state index contributed by atoms with van der Waals surface area (Å²) >= 11 is 0. The van der Waals surface area contributed by atoms with Crippen LogP contribution in [-0.2, 0) is 21.1 Å². The molecule has 0 bridgehead atoms. The Balaban J connectivity index is 0.00000552. The van der Waals surface area contributed by atoms with E-state index in [4.69, 9.17) is 14.7 Å². The van der Waals surface area contributed by atoms with E-state index in [1.165, 1.54) is 21.5 Å². The standard InChI is InChI=1S/C71H43N7O.Pt/c1-3-18-47(19-4-1)49-34-38-64-59(42-49)57-37-36-51(79-52-40-41-72-70(44-52)75-46-74(65-31-15-16-32-66(65)75)60-27-11-7-22-53(60)48-20-5-2-6-21-48)43-68(57)78(64)69-39-35-50(45-73-69)76-61-28-12-10-25-56(61)58-26-17-33-67(71(58)76)77-62-29-13-8-23-54(62)55-24-9-14-30-63(55)77;/h1-42,45H;/q-2;. The number of aromatic nitrogens is 7. The van der Waals surface area contributed by atoms with Gasteiger partial charge in [-0.2, -0.15) is 18.2 Å². The molecule has 10 aromatic carbocycles. The Hall–Kier alpha value is -10.1. The summed E-state index contributed by atoms with van der Waals surface area (Å²) in [6.45, 7) is 0. The molecule has 16 rings (SSSR count). The Morgan fingerprint density at radius 1 is 0.412 bits per heavy atom. The van der Waals surface area contributed by atoms with E-state index in [1.807, 2.05) is 41.1 Å². The maximum atomic E-state index is 6.73. The third kappa shape index (κ3) is 7.52. The Morgan fingerprint density at radius 3 is 1.79 bits per heavy atom. The molecule has 380 valence electrons. The first-order valence-corrected chi connectivity index (χ1v) is 26.4. The minimum absolute atomic E-state index is 0. The van der Waals surface area contributed by atoms with Crippen LogP contribution in [0.4, 0.5) is 0 Å². The number of benzene rings is 10. The van der Waals surface area contributed by atoms with Crippen molar-refractivity contribution in [1.82, 2.24) is 28.2 Å². The summed E-state index contributed by atoms with van der Waals surface area (Å²) in [6, 6.07) is 94.4. The third-order valence-corrected chi connectivity index (χ3v) is 15.4. The van der Waals surface area contributed by atoms with Gasteiger partial charge in [-0.25, -0.2) is 4.98 Å². The van der Waals surface area contributed by atoms with Gasteiger partial charge in [-0.1, -0.05) is 194 Å². The van der Waals surface area contributed by atoms with Crippen LogP contribution in [0.5, 0.6) is 11.5 Å². The van der Waals surface area contributed by atoms with Crippen molar-refractivity contribution in [2.24, 2.45) is 0 Å². The van der Waals surface area contributed by atoms with Gasteiger partial charge < -0.3 is 18.4 Å². The SMILES string of the molecule is [Pt].[c-]1c(Oc2[c-]c3c(cc2)c2cc(-c4ccccc4)ccc2n3-c2ccc(-n3c4ccccc4c4cccc(-n5c6ccccc6c6ccccc65)c43)cn2)ccnc1-n1[c-][n+](-c2ccccc2-c2ccccc2)c2ccccc21. The number of fused-ring (bicyclic) bond motifs is 10. The van der Waals surface area contributed by atoms with Crippen LogP contribution < -0.4 is 9.30 Å². The van der Waals surface area contributed by atoms with E-state index in [-0.39, 0.29) is 21.1 Å². The van der Waals surface area contributed by atoms with E-state index in [2.05, 4.69) is 255 Å². The van der Waals surface area contributed by atoms with Crippen LogP contribution in [0.3, 0.4) is 0 Å². The molecule has 0 fully saturated rings. The number of pyridine rings is 2. The normalized spacial score (nSPS) is 11.7. The molecule has 0 aliphatic heterocycles. The molecule has 80 heavy (non-hydrogen) atoms. The van der Waals surface area contributed by atoms with Crippen molar-refractivity contribution in [1.29, 1.82) is 0 Å². The van der Waals surface area contributed by atoms with Gasteiger partial charge in [0, 0.05) is 53.9 Å². The van der Waals surface area contributed by atoms with Gasteiger partial charge in [0.15, 0.2) is 0 Å². The van der Waals surface area contributed by atoms with Crippen LogP contribution in [0.2, 0.25) is 0 Å². The fourth-order valence-corrected chi connectivity index (χ4v) is 11.9. The van der Waals surface area contributed by atoms with Gasteiger partial charge >= 0.3 is 0 Å². The molecule has 0 saturated heterocycles. The molecule has 0 spiro atoms. The van der Waals surface area contributed by atoms with Crippen LogP contribution in [-0.4, -0.2) is 28.2 Å². The second kappa shape index (κ2) is 19.1. The average Bonchev–Trinajstić information content (AvgIpc) is 4.47. The van der Waals surface area contributed by atoms with Crippen molar-refractivity contribution in [3.8, 4) is 62.5 Å². The van der Waals surface area contributed by atoms with E-state index >= 15 is 0 Å². The van der Waals surface area contributed by atoms with Crippen LogP contribution in [0, 0.1) is 18.5 Å². The first kappa shape index (κ1) is 47.1. The van der Waals surface area contributed by atoms with Gasteiger partial charge in [0.2, 0.25) is 0 Å². The van der Waals surface area contributed by atoms with Crippen LogP contribution in [0.1, 0.15) is 0 Å². The zero-order chi connectivity index (χ0) is 52.0. The van der Waals surface area contributed by atoms with E-state index in [0.717, 1.165) is 100 Å².